The van der Waals surface area contributed by atoms with E-state index >= 15 is 0 Å². The summed E-state index contributed by atoms with van der Waals surface area (Å²) in [7, 11) is 0. The van der Waals surface area contributed by atoms with Crippen LogP contribution in [0.15, 0.2) is 72.8 Å². The number of halogens is 3. The van der Waals surface area contributed by atoms with Crippen molar-refractivity contribution in [2.75, 3.05) is 0 Å². The minimum Gasteiger partial charge on any atom is -0.457 e. The van der Waals surface area contributed by atoms with Crippen LogP contribution < -0.4 is 0 Å². The second-order valence-corrected chi connectivity index (χ2v) is 7.65. The number of benzene rings is 3. The van der Waals surface area contributed by atoms with Gasteiger partial charge in [0.05, 0.1) is 26.8 Å². The van der Waals surface area contributed by atoms with E-state index in [9.17, 15) is 4.79 Å². The lowest BCUT2D eigenvalue weighted by Crippen LogP contribution is -2.07. The van der Waals surface area contributed by atoms with E-state index in [0.29, 0.717) is 31.8 Å². The van der Waals surface area contributed by atoms with E-state index < -0.39 is 5.97 Å². The third-order valence-corrected chi connectivity index (χ3v) is 5.43. The number of pyridine rings is 1. The highest BCUT2D eigenvalue weighted by Crippen LogP contribution is 2.30. The molecule has 29 heavy (non-hydrogen) atoms. The Labute approximate surface area is 182 Å². The molecule has 0 atom stereocenters. The van der Waals surface area contributed by atoms with Gasteiger partial charge in [0.1, 0.15) is 6.61 Å². The first kappa shape index (κ1) is 19.7. The van der Waals surface area contributed by atoms with Gasteiger partial charge in [-0.15, -0.1) is 0 Å². The van der Waals surface area contributed by atoms with Crippen LogP contribution in [0.25, 0.3) is 22.2 Å². The van der Waals surface area contributed by atoms with Crippen LogP contribution in [-0.4, -0.2) is 11.0 Å². The van der Waals surface area contributed by atoms with E-state index in [1.165, 1.54) is 0 Å². The molecule has 144 valence electrons. The van der Waals surface area contributed by atoms with Crippen LogP contribution in [0, 0.1) is 0 Å². The van der Waals surface area contributed by atoms with Crippen molar-refractivity contribution in [3.8, 4) is 11.3 Å². The van der Waals surface area contributed by atoms with Crippen molar-refractivity contribution in [1.29, 1.82) is 0 Å². The first-order valence-electron chi connectivity index (χ1n) is 8.78. The topological polar surface area (TPSA) is 39.2 Å². The van der Waals surface area contributed by atoms with Gasteiger partial charge in [0, 0.05) is 16.0 Å². The molecule has 0 fully saturated rings. The normalized spacial score (nSPS) is 10.9. The molecule has 0 unspecified atom stereocenters. The molecule has 0 N–H and O–H groups in total. The lowest BCUT2D eigenvalue weighted by molar-refractivity contribution is 0.0475. The number of para-hydroxylation sites is 1. The van der Waals surface area contributed by atoms with E-state index in [1.54, 1.807) is 30.3 Å². The standard InChI is InChI=1S/C23H14Cl3NO2/c24-16-8-5-14(6-9-16)13-29-23(28)18-12-22(15-7-10-19(25)20(26)11-15)27-21-4-2-1-3-17(18)21/h1-12H,13H2. The minimum atomic E-state index is -0.431. The molecule has 0 aliphatic carbocycles. The van der Waals surface area contributed by atoms with Crippen LogP contribution in [0.5, 0.6) is 0 Å². The molecule has 4 rings (SSSR count). The van der Waals surface area contributed by atoms with Gasteiger partial charge in [-0.1, -0.05) is 71.2 Å². The van der Waals surface area contributed by atoms with Crippen molar-refractivity contribution >= 4 is 51.7 Å². The number of carbonyl (C=O) groups excluding carboxylic acids is 1. The Hall–Kier alpha value is -2.59. The maximum atomic E-state index is 12.9. The third-order valence-electron chi connectivity index (χ3n) is 4.43. The van der Waals surface area contributed by atoms with Crippen molar-refractivity contribution in [3.63, 3.8) is 0 Å². The fourth-order valence-electron chi connectivity index (χ4n) is 2.95. The molecule has 6 heteroatoms. The first-order chi connectivity index (χ1) is 14.0. The van der Waals surface area contributed by atoms with Gasteiger partial charge in [-0.25, -0.2) is 9.78 Å². The van der Waals surface area contributed by atoms with Crippen LogP contribution in [0.4, 0.5) is 0 Å². The van der Waals surface area contributed by atoms with Gasteiger partial charge in [0.25, 0.3) is 0 Å². The molecule has 0 radical (unpaired) electrons. The molecule has 1 heterocycles. The molecule has 3 aromatic carbocycles. The summed E-state index contributed by atoms with van der Waals surface area (Å²) in [5, 5.41) is 2.23. The van der Waals surface area contributed by atoms with E-state index in [4.69, 9.17) is 39.5 Å². The molecule has 0 saturated carbocycles. The SMILES string of the molecule is O=C(OCc1ccc(Cl)cc1)c1cc(-c2ccc(Cl)c(Cl)c2)nc2ccccc12. The summed E-state index contributed by atoms with van der Waals surface area (Å²) >= 11 is 18.1. The number of rotatable bonds is 4. The van der Waals surface area contributed by atoms with Gasteiger partial charge in [0.15, 0.2) is 0 Å². The summed E-state index contributed by atoms with van der Waals surface area (Å²) in [5.74, 6) is -0.431. The molecule has 0 aliphatic rings. The Morgan fingerprint density at radius 1 is 0.862 bits per heavy atom. The number of carbonyl (C=O) groups is 1. The zero-order chi connectivity index (χ0) is 20.4. The van der Waals surface area contributed by atoms with Crippen LogP contribution in [0.1, 0.15) is 15.9 Å². The number of esters is 1. The molecule has 0 spiro atoms. The van der Waals surface area contributed by atoms with Crippen LogP contribution in [0.2, 0.25) is 15.1 Å². The Bertz CT molecular complexity index is 1210. The fraction of sp³-hybridized carbons (Fsp3) is 0.0435. The van der Waals surface area contributed by atoms with Crippen molar-refractivity contribution in [2.24, 2.45) is 0 Å². The molecular formula is C23H14Cl3NO2. The lowest BCUT2D eigenvalue weighted by Gasteiger charge is -2.11. The number of hydrogen-bond donors (Lipinski definition) is 0. The molecule has 0 aliphatic heterocycles. The van der Waals surface area contributed by atoms with Crippen LogP contribution >= 0.6 is 34.8 Å². The first-order valence-corrected chi connectivity index (χ1v) is 9.91. The molecule has 0 amide bonds. The third kappa shape index (κ3) is 4.38. The lowest BCUT2D eigenvalue weighted by atomic mass is 10.0. The largest absolute Gasteiger partial charge is 0.457 e. The highest BCUT2D eigenvalue weighted by molar-refractivity contribution is 6.42. The quantitative estimate of drug-likeness (QED) is 0.313. The van der Waals surface area contributed by atoms with E-state index in [1.807, 2.05) is 42.5 Å². The van der Waals surface area contributed by atoms with Crippen LogP contribution in [0.3, 0.4) is 0 Å². The van der Waals surface area contributed by atoms with Gasteiger partial charge < -0.3 is 4.74 Å². The summed E-state index contributed by atoms with van der Waals surface area (Å²) < 4.78 is 5.54. The predicted octanol–water partition coefficient (Wildman–Crippen LogP) is 7.22. The number of aromatic nitrogens is 1. The van der Waals surface area contributed by atoms with E-state index in [0.717, 1.165) is 16.5 Å². The van der Waals surface area contributed by atoms with Gasteiger partial charge in [-0.05, 0) is 42.0 Å². The van der Waals surface area contributed by atoms with Crippen molar-refractivity contribution in [1.82, 2.24) is 4.98 Å². The van der Waals surface area contributed by atoms with E-state index in [-0.39, 0.29) is 6.61 Å². The number of fused-ring (bicyclic) bond motifs is 1. The van der Waals surface area contributed by atoms with Gasteiger partial charge >= 0.3 is 5.97 Å². The van der Waals surface area contributed by atoms with Crippen molar-refractivity contribution < 1.29 is 9.53 Å². The molecule has 0 bridgehead atoms. The maximum Gasteiger partial charge on any atom is 0.339 e. The Balaban J connectivity index is 1.71. The predicted molar refractivity (Wildman–Crippen MR) is 118 cm³/mol. The Morgan fingerprint density at radius 2 is 1.62 bits per heavy atom. The molecule has 0 saturated heterocycles. The van der Waals surface area contributed by atoms with Gasteiger partial charge in [-0.3, -0.25) is 0 Å². The van der Waals surface area contributed by atoms with E-state index in [2.05, 4.69) is 4.98 Å². The molecule has 1 aromatic heterocycles. The highest BCUT2D eigenvalue weighted by atomic mass is 35.5. The second-order valence-electron chi connectivity index (χ2n) is 6.40. The zero-order valence-electron chi connectivity index (χ0n) is 15.0. The second kappa shape index (κ2) is 8.42. The number of ether oxygens (including phenoxy) is 1. The van der Waals surface area contributed by atoms with Crippen molar-refractivity contribution in [3.05, 3.63) is 99.0 Å². The summed E-state index contributed by atoms with van der Waals surface area (Å²) in [5.41, 5.74) is 3.35. The monoisotopic (exact) mass is 441 g/mol. The summed E-state index contributed by atoms with van der Waals surface area (Å²) in [6.45, 7) is 0.148. The Kier molecular flexibility index (Phi) is 5.72. The number of hydrogen-bond acceptors (Lipinski definition) is 3. The molecule has 3 nitrogen and oxygen atoms in total. The molecular weight excluding hydrogens is 429 g/mol. The summed E-state index contributed by atoms with van der Waals surface area (Å²) in [4.78, 5) is 17.5. The molecule has 4 aromatic rings. The average molecular weight is 443 g/mol. The van der Waals surface area contributed by atoms with Crippen molar-refractivity contribution in [2.45, 2.75) is 6.61 Å². The summed E-state index contributed by atoms with van der Waals surface area (Å²) in [6, 6.07) is 21.5. The Morgan fingerprint density at radius 3 is 2.38 bits per heavy atom. The summed E-state index contributed by atoms with van der Waals surface area (Å²) in [6.07, 6.45) is 0. The fourth-order valence-corrected chi connectivity index (χ4v) is 3.38. The smallest absolute Gasteiger partial charge is 0.339 e. The maximum absolute atomic E-state index is 12.9. The average Bonchev–Trinajstić information content (AvgIpc) is 2.74. The highest BCUT2D eigenvalue weighted by Gasteiger charge is 2.16. The van der Waals surface area contributed by atoms with Gasteiger partial charge in [-0.2, -0.15) is 0 Å². The minimum absolute atomic E-state index is 0.148. The number of nitrogens with zero attached hydrogens (tertiary/aromatic N) is 1. The van der Waals surface area contributed by atoms with Crippen LogP contribution in [-0.2, 0) is 11.3 Å². The van der Waals surface area contributed by atoms with Gasteiger partial charge in [0.2, 0.25) is 0 Å². The zero-order valence-corrected chi connectivity index (χ0v) is 17.3.